The molecule has 1 aromatic rings. The highest BCUT2D eigenvalue weighted by Crippen LogP contribution is 2.25. The third-order valence-corrected chi connectivity index (χ3v) is 5.17. The highest BCUT2D eigenvalue weighted by Gasteiger charge is 2.26. The number of amides is 1. The molecule has 0 bridgehead atoms. The predicted molar refractivity (Wildman–Crippen MR) is 93.9 cm³/mol. The number of carbonyl (C=O) groups is 1. The van der Waals surface area contributed by atoms with E-state index in [0.29, 0.717) is 17.4 Å². The van der Waals surface area contributed by atoms with Gasteiger partial charge in [0.2, 0.25) is 5.91 Å². The molecule has 0 saturated carbocycles. The molecule has 0 N–H and O–H groups in total. The topological polar surface area (TPSA) is 41.4 Å². The number of carbonyl (C=O) groups excluding carboxylic acids is 1. The van der Waals surface area contributed by atoms with Crippen LogP contribution in [0.4, 0.5) is 0 Å². The van der Waals surface area contributed by atoms with E-state index in [1.807, 2.05) is 30.4 Å². The number of halogens is 1. The predicted octanol–water partition coefficient (Wildman–Crippen LogP) is 2.90. The van der Waals surface area contributed by atoms with Gasteiger partial charge in [0.15, 0.2) is 0 Å². The first-order valence-electron chi connectivity index (χ1n) is 8.43. The summed E-state index contributed by atoms with van der Waals surface area (Å²) in [5, 5.41) is 5.17. The lowest BCUT2D eigenvalue weighted by Crippen LogP contribution is -2.43. The van der Waals surface area contributed by atoms with Gasteiger partial charge in [0.25, 0.3) is 0 Å². The Morgan fingerprint density at radius 1 is 1.43 bits per heavy atom. The Morgan fingerprint density at radius 2 is 2.13 bits per heavy atom. The van der Waals surface area contributed by atoms with Crippen LogP contribution in [0, 0.1) is 19.8 Å². The smallest absolute Gasteiger partial charge is 0.224 e. The van der Waals surface area contributed by atoms with Crippen molar-refractivity contribution >= 4 is 17.5 Å². The van der Waals surface area contributed by atoms with E-state index in [9.17, 15) is 4.79 Å². The fourth-order valence-corrected chi connectivity index (χ4v) is 3.62. The molecular formula is C17H29ClN4O. The minimum Gasteiger partial charge on any atom is -0.342 e. The van der Waals surface area contributed by atoms with E-state index in [4.69, 9.17) is 11.6 Å². The Bertz CT molecular complexity index is 555. The van der Waals surface area contributed by atoms with Gasteiger partial charge in [-0.2, -0.15) is 5.10 Å². The van der Waals surface area contributed by atoms with Gasteiger partial charge in [-0.3, -0.25) is 9.48 Å². The molecule has 1 fully saturated rings. The van der Waals surface area contributed by atoms with Gasteiger partial charge in [-0.15, -0.1) is 0 Å². The molecule has 0 spiro atoms. The zero-order valence-corrected chi connectivity index (χ0v) is 15.7. The summed E-state index contributed by atoms with van der Waals surface area (Å²) in [5.41, 5.74) is 1.76. The van der Waals surface area contributed by atoms with Crippen LogP contribution in [-0.4, -0.2) is 59.2 Å². The van der Waals surface area contributed by atoms with E-state index in [0.717, 1.165) is 37.4 Å². The van der Waals surface area contributed by atoms with Crippen LogP contribution >= 0.6 is 11.6 Å². The number of nitrogens with zero attached hydrogens (tertiary/aromatic N) is 4. The summed E-state index contributed by atoms with van der Waals surface area (Å²) in [6.07, 6.45) is 2.79. The SMILES string of the molecule is Cc1nn([C@H](C)CC(=O)N2CCC[C@H](CN(C)C)C2)c(C)c1Cl. The Hall–Kier alpha value is -1.07. The lowest BCUT2D eigenvalue weighted by Gasteiger charge is -2.34. The maximum absolute atomic E-state index is 12.7. The van der Waals surface area contributed by atoms with E-state index < -0.39 is 0 Å². The number of likely N-dealkylation sites (tertiary alicyclic amines) is 1. The molecule has 0 unspecified atom stereocenters. The average Bonchev–Trinajstić information content (AvgIpc) is 2.74. The third kappa shape index (κ3) is 4.48. The van der Waals surface area contributed by atoms with Gasteiger partial charge in [-0.25, -0.2) is 0 Å². The molecule has 1 saturated heterocycles. The number of hydrogen-bond acceptors (Lipinski definition) is 3. The fourth-order valence-electron chi connectivity index (χ4n) is 3.50. The maximum Gasteiger partial charge on any atom is 0.224 e. The second kappa shape index (κ2) is 7.67. The van der Waals surface area contributed by atoms with Crippen molar-refractivity contribution in [2.75, 3.05) is 33.7 Å². The molecule has 0 aliphatic carbocycles. The summed E-state index contributed by atoms with van der Waals surface area (Å²) in [5.74, 6) is 0.811. The molecule has 0 aromatic carbocycles. The number of hydrogen-bond donors (Lipinski definition) is 0. The Kier molecular flexibility index (Phi) is 6.09. The van der Waals surface area contributed by atoms with Gasteiger partial charge in [-0.05, 0) is 53.6 Å². The van der Waals surface area contributed by atoms with Crippen LogP contribution < -0.4 is 0 Å². The van der Waals surface area contributed by atoms with Gasteiger partial charge in [-0.1, -0.05) is 11.6 Å². The summed E-state index contributed by atoms with van der Waals surface area (Å²) < 4.78 is 1.89. The molecule has 1 aliphatic rings. The first kappa shape index (κ1) is 18.3. The number of aromatic nitrogens is 2. The standard InChI is InChI=1S/C17H29ClN4O/c1-12(22-14(3)17(18)13(2)19-22)9-16(23)21-8-6-7-15(11-21)10-20(4)5/h12,15H,6-11H2,1-5H3/t12-,15-/m1/s1. The van der Waals surface area contributed by atoms with E-state index in [-0.39, 0.29) is 11.9 Å². The highest BCUT2D eigenvalue weighted by molar-refractivity contribution is 6.31. The van der Waals surface area contributed by atoms with Crippen molar-refractivity contribution in [3.63, 3.8) is 0 Å². The van der Waals surface area contributed by atoms with Crippen LogP contribution in [0.5, 0.6) is 0 Å². The third-order valence-electron chi connectivity index (χ3n) is 4.62. The van der Waals surface area contributed by atoms with E-state index in [1.54, 1.807) is 0 Å². The number of piperidine rings is 1. The Labute approximate surface area is 144 Å². The van der Waals surface area contributed by atoms with Crippen molar-refractivity contribution < 1.29 is 4.79 Å². The lowest BCUT2D eigenvalue weighted by molar-refractivity contribution is -0.133. The molecule has 2 heterocycles. The maximum atomic E-state index is 12.7. The van der Waals surface area contributed by atoms with E-state index >= 15 is 0 Å². The molecule has 130 valence electrons. The quantitative estimate of drug-likeness (QED) is 0.827. The summed E-state index contributed by atoms with van der Waals surface area (Å²) in [4.78, 5) is 16.9. The first-order valence-corrected chi connectivity index (χ1v) is 8.81. The van der Waals surface area contributed by atoms with Crippen LogP contribution in [0.25, 0.3) is 0 Å². The second-order valence-corrected chi connectivity index (χ2v) is 7.47. The van der Waals surface area contributed by atoms with Crippen molar-refractivity contribution in [1.29, 1.82) is 0 Å². The van der Waals surface area contributed by atoms with E-state index in [2.05, 4.69) is 24.1 Å². The van der Waals surface area contributed by atoms with Gasteiger partial charge in [0.05, 0.1) is 22.5 Å². The van der Waals surface area contributed by atoms with Gasteiger partial charge >= 0.3 is 0 Å². The van der Waals surface area contributed by atoms with Gasteiger partial charge in [0.1, 0.15) is 0 Å². The zero-order valence-electron chi connectivity index (χ0n) is 15.0. The minimum absolute atomic E-state index is 0.0305. The van der Waals surface area contributed by atoms with Gasteiger partial charge in [0, 0.05) is 26.1 Å². The van der Waals surface area contributed by atoms with Crippen molar-refractivity contribution in [3.05, 3.63) is 16.4 Å². The monoisotopic (exact) mass is 340 g/mol. The second-order valence-electron chi connectivity index (χ2n) is 7.09. The molecule has 0 radical (unpaired) electrons. The molecule has 2 atom stereocenters. The molecule has 1 aliphatic heterocycles. The van der Waals surface area contributed by atoms with Crippen LogP contribution in [0.1, 0.15) is 43.6 Å². The average molecular weight is 341 g/mol. The van der Waals surface area contributed by atoms with Crippen LogP contribution in [0.3, 0.4) is 0 Å². The van der Waals surface area contributed by atoms with Crippen LogP contribution in [0.15, 0.2) is 0 Å². The molecule has 1 amide bonds. The molecule has 6 heteroatoms. The molecule has 5 nitrogen and oxygen atoms in total. The van der Waals surface area contributed by atoms with Crippen LogP contribution in [0.2, 0.25) is 5.02 Å². The minimum atomic E-state index is 0.0305. The summed E-state index contributed by atoms with van der Waals surface area (Å²) in [6.45, 7) is 8.70. The van der Waals surface area contributed by atoms with Crippen molar-refractivity contribution in [2.45, 2.75) is 46.1 Å². The number of aryl methyl sites for hydroxylation is 1. The summed E-state index contributed by atoms with van der Waals surface area (Å²) in [6, 6.07) is 0.0305. The Morgan fingerprint density at radius 3 is 2.70 bits per heavy atom. The molecule has 1 aromatic heterocycles. The van der Waals surface area contributed by atoms with Crippen LogP contribution in [-0.2, 0) is 4.79 Å². The summed E-state index contributed by atoms with van der Waals surface area (Å²) >= 11 is 6.21. The number of rotatable bonds is 5. The lowest BCUT2D eigenvalue weighted by atomic mass is 9.97. The summed E-state index contributed by atoms with van der Waals surface area (Å²) in [7, 11) is 4.19. The molecule has 23 heavy (non-hydrogen) atoms. The van der Waals surface area contributed by atoms with Gasteiger partial charge < -0.3 is 9.80 Å². The van der Waals surface area contributed by atoms with Crippen molar-refractivity contribution in [3.8, 4) is 0 Å². The normalized spacial score (nSPS) is 20.1. The van der Waals surface area contributed by atoms with E-state index in [1.165, 1.54) is 6.42 Å². The van der Waals surface area contributed by atoms with Crippen molar-refractivity contribution in [1.82, 2.24) is 19.6 Å². The largest absolute Gasteiger partial charge is 0.342 e. The fraction of sp³-hybridized carbons (Fsp3) is 0.765. The highest BCUT2D eigenvalue weighted by atomic mass is 35.5. The molecular weight excluding hydrogens is 312 g/mol. The first-order chi connectivity index (χ1) is 10.8. The van der Waals surface area contributed by atoms with Crippen molar-refractivity contribution in [2.24, 2.45) is 5.92 Å². The Balaban J connectivity index is 1.96. The molecule has 2 rings (SSSR count). The zero-order chi connectivity index (χ0) is 17.1.